The zero-order valence-electron chi connectivity index (χ0n) is 17.2. The molecule has 2 atom stereocenters. The number of nitrogens with zero attached hydrogens (tertiary/aromatic N) is 2. The van der Waals surface area contributed by atoms with Gasteiger partial charge in [-0.15, -0.1) is 0 Å². The maximum absolute atomic E-state index is 12.9. The third kappa shape index (κ3) is 5.56. The van der Waals surface area contributed by atoms with Gasteiger partial charge in [-0.25, -0.2) is 4.98 Å². The quantitative estimate of drug-likeness (QED) is 0.721. The van der Waals surface area contributed by atoms with Crippen molar-refractivity contribution in [1.29, 1.82) is 0 Å². The Morgan fingerprint density at radius 3 is 2.55 bits per heavy atom. The zero-order valence-corrected chi connectivity index (χ0v) is 17.2. The lowest BCUT2D eigenvalue weighted by atomic mass is 9.97. The summed E-state index contributed by atoms with van der Waals surface area (Å²) in [7, 11) is 0. The van der Waals surface area contributed by atoms with Gasteiger partial charge < -0.3 is 15.5 Å². The summed E-state index contributed by atoms with van der Waals surface area (Å²) < 4.78 is 0. The van der Waals surface area contributed by atoms with E-state index >= 15 is 0 Å². The monoisotopic (exact) mass is 394 g/mol. The van der Waals surface area contributed by atoms with Crippen molar-refractivity contribution in [2.45, 2.75) is 45.7 Å². The molecule has 0 radical (unpaired) electrons. The highest BCUT2D eigenvalue weighted by molar-refractivity contribution is 5.97. The van der Waals surface area contributed by atoms with E-state index < -0.39 is 6.04 Å². The van der Waals surface area contributed by atoms with Gasteiger partial charge in [0.1, 0.15) is 11.9 Å². The van der Waals surface area contributed by atoms with Crippen LogP contribution in [0.5, 0.6) is 0 Å². The van der Waals surface area contributed by atoms with E-state index in [9.17, 15) is 9.59 Å². The van der Waals surface area contributed by atoms with Crippen LogP contribution >= 0.6 is 0 Å². The van der Waals surface area contributed by atoms with Gasteiger partial charge in [0.2, 0.25) is 5.91 Å². The van der Waals surface area contributed by atoms with Crippen LogP contribution in [0.1, 0.15) is 49.0 Å². The highest BCUT2D eigenvalue weighted by Crippen LogP contribution is 2.18. The molecule has 6 heteroatoms. The summed E-state index contributed by atoms with van der Waals surface area (Å²) in [6.07, 6.45) is 4.97. The summed E-state index contributed by atoms with van der Waals surface area (Å²) in [6, 6.07) is 12.4. The molecule has 1 aliphatic rings. The minimum absolute atomic E-state index is 0.0280. The number of pyridine rings is 1. The highest BCUT2D eigenvalue weighted by Gasteiger charge is 2.26. The number of nitrogens with one attached hydrogen (secondary N) is 2. The Hall–Kier alpha value is -2.89. The predicted octanol–water partition coefficient (Wildman–Crippen LogP) is 3.14. The van der Waals surface area contributed by atoms with E-state index in [1.165, 1.54) is 12.8 Å². The molecule has 0 saturated carbocycles. The van der Waals surface area contributed by atoms with E-state index in [-0.39, 0.29) is 17.7 Å². The van der Waals surface area contributed by atoms with Crippen molar-refractivity contribution in [3.63, 3.8) is 0 Å². The van der Waals surface area contributed by atoms with E-state index in [0.717, 1.165) is 30.9 Å². The number of carbonyl (C=O) groups is 2. The maximum Gasteiger partial charge on any atom is 0.251 e. The number of carbonyl (C=O) groups excluding carboxylic acids is 2. The molecule has 1 aliphatic heterocycles. The van der Waals surface area contributed by atoms with Gasteiger partial charge in [0, 0.05) is 31.4 Å². The van der Waals surface area contributed by atoms with Gasteiger partial charge in [0.15, 0.2) is 0 Å². The van der Waals surface area contributed by atoms with E-state index in [2.05, 4.69) is 20.5 Å². The van der Waals surface area contributed by atoms with Crippen LogP contribution in [-0.4, -0.2) is 35.9 Å². The fourth-order valence-electron chi connectivity index (χ4n) is 3.50. The largest absolute Gasteiger partial charge is 0.357 e. The summed E-state index contributed by atoms with van der Waals surface area (Å²) in [6.45, 7) is 6.48. The van der Waals surface area contributed by atoms with Crippen molar-refractivity contribution in [2.24, 2.45) is 5.92 Å². The van der Waals surface area contributed by atoms with Gasteiger partial charge in [-0.2, -0.15) is 0 Å². The first kappa shape index (κ1) is 20.8. The van der Waals surface area contributed by atoms with Gasteiger partial charge in [-0.05, 0) is 48.6 Å². The Kier molecular flexibility index (Phi) is 7.22. The third-order valence-electron chi connectivity index (χ3n) is 5.52. The van der Waals surface area contributed by atoms with Crippen molar-refractivity contribution in [1.82, 2.24) is 15.6 Å². The Morgan fingerprint density at radius 2 is 1.86 bits per heavy atom. The molecular weight excluding hydrogens is 364 g/mol. The number of rotatable bonds is 8. The van der Waals surface area contributed by atoms with Crippen LogP contribution in [0.3, 0.4) is 0 Å². The van der Waals surface area contributed by atoms with Crippen LogP contribution < -0.4 is 15.5 Å². The minimum Gasteiger partial charge on any atom is -0.357 e. The molecule has 154 valence electrons. The van der Waals surface area contributed by atoms with Crippen LogP contribution in [0.25, 0.3) is 0 Å². The number of aromatic nitrogens is 1. The molecule has 0 aliphatic carbocycles. The maximum atomic E-state index is 12.9. The van der Waals surface area contributed by atoms with Crippen molar-refractivity contribution >= 4 is 17.6 Å². The first-order chi connectivity index (χ1) is 14.1. The van der Waals surface area contributed by atoms with Crippen LogP contribution in [0.2, 0.25) is 0 Å². The predicted molar refractivity (Wildman–Crippen MR) is 115 cm³/mol. The molecule has 29 heavy (non-hydrogen) atoms. The van der Waals surface area contributed by atoms with Crippen molar-refractivity contribution in [2.75, 3.05) is 18.0 Å². The Balaban J connectivity index is 1.63. The van der Waals surface area contributed by atoms with Gasteiger partial charge >= 0.3 is 0 Å². The molecule has 2 aromatic rings. The summed E-state index contributed by atoms with van der Waals surface area (Å²) in [5.74, 6) is 0.597. The molecule has 0 spiro atoms. The fraction of sp³-hybridized carbons (Fsp3) is 0.435. The molecule has 1 saturated heterocycles. The van der Waals surface area contributed by atoms with Crippen LogP contribution in [-0.2, 0) is 11.3 Å². The minimum atomic E-state index is -0.576. The molecule has 2 amide bonds. The Morgan fingerprint density at radius 1 is 1.14 bits per heavy atom. The Labute approximate surface area is 172 Å². The van der Waals surface area contributed by atoms with Crippen LogP contribution in [0.15, 0.2) is 48.7 Å². The summed E-state index contributed by atoms with van der Waals surface area (Å²) in [5, 5.41) is 5.89. The molecule has 1 aromatic carbocycles. The molecule has 0 bridgehead atoms. The van der Waals surface area contributed by atoms with E-state index in [0.29, 0.717) is 12.1 Å². The van der Waals surface area contributed by atoms with Crippen LogP contribution in [0, 0.1) is 5.92 Å². The first-order valence-corrected chi connectivity index (χ1v) is 10.4. The van der Waals surface area contributed by atoms with Crippen molar-refractivity contribution in [3.05, 3.63) is 59.8 Å². The topological polar surface area (TPSA) is 74.3 Å². The molecular formula is C23H30N4O2. The third-order valence-corrected chi connectivity index (χ3v) is 5.52. The number of amides is 2. The van der Waals surface area contributed by atoms with Crippen molar-refractivity contribution in [3.8, 4) is 0 Å². The fourth-order valence-corrected chi connectivity index (χ4v) is 3.50. The first-order valence-electron chi connectivity index (χ1n) is 10.4. The van der Waals surface area contributed by atoms with Crippen molar-refractivity contribution < 1.29 is 9.59 Å². The number of benzene rings is 1. The lowest BCUT2D eigenvalue weighted by molar-refractivity contribution is -0.124. The van der Waals surface area contributed by atoms with E-state index in [1.54, 1.807) is 18.3 Å². The molecule has 6 nitrogen and oxygen atoms in total. The molecule has 2 unspecified atom stereocenters. The van der Waals surface area contributed by atoms with E-state index in [4.69, 9.17) is 0 Å². The van der Waals surface area contributed by atoms with Gasteiger partial charge in [0.05, 0.1) is 0 Å². The van der Waals surface area contributed by atoms with E-state index in [1.807, 2.05) is 44.2 Å². The molecule has 2 heterocycles. The lowest BCUT2D eigenvalue weighted by Gasteiger charge is -2.24. The standard InChI is InChI=1S/C23H30N4O2/c1-3-17(2)21(26-22(28)19-9-5-4-6-10-19)23(29)25-16-18-11-12-24-20(15-18)27-13-7-8-14-27/h4-6,9-12,15,17,21H,3,7-8,13-14,16H2,1-2H3,(H,25,29)(H,26,28). The normalized spacial score (nSPS) is 15.6. The number of anilines is 1. The molecule has 1 fully saturated rings. The summed E-state index contributed by atoms with van der Waals surface area (Å²) >= 11 is 0. The second kappa shape index (κ2) is 10.0. The van der Waals surface area contributed by atoms with Gasteiger partial charge in [0.25, 0.3) is 5.91 Å². The summed E-state index contributed by atoms with van der Waals surface area (Å²) in [4.78, 5) is 32.1. The zero-order chi connectivity index (χ0) is 20.6. The smallest absolute Gasteiger partial charge is 0.251 e. The lowest BCUT2D eigenvalue weighted by Crippen LogP contribution is -2.50. The van der Waals surface area contributed by atoms with Gasteiger partial charge in [-0.3, -0.25) is 9.59 Å². The number of hydrogen-bond acceptors (Lipinski definition) is 4. The number of hydrogen-bond donors (Lipinski definition) is 2. The molecule has 1 aromatic heterocycles. The van der Waals surface area contributed by atoms with Crippen LogP contribution in [0.4, 0.5) is 5.82 Å². The average molecular weight is 395 g/mol. The average Bonchev–Trinajstić information content (AvgIpc) is 3.31. The molecule has 3 rings (SSSR count). The highest BCUT2D eigenvalue weighted by atomic mass is 16.2. The second-order valence-corrected chi connectivity index (χ2v) is 7.64. The van der Waals surface area contributed by atoms with Gasteiger partial charge in [-0.1, -0.05) is 38.5 Å². The second-order valence-electron chi connectivity index (χ2n) is 7.64. The Bertz CT molecular complexity index is 819. The molecule has 2 N–H and O–H groups in total. The SMILES string of the molecule is CCC(C)C(NC(=O)c1ccccc1)C(=O)NCc1ccnc(N2CCCC2)c1. The summed E-state index contributed by atoms with van der Waals surface area (Å²) in [5.41, 5.74) is 1.56.